The van der Waals surface area contributed by atoms with Gasteiger partial charge in [-0.1, -0.05) is 24.3 Å². The highest BCUT2D eigenvalue weighted by Crippen LogP contribution is 2.22. The van der Waals surface area contributed by atoms with Gasteiger partial charge in [0.05, 0.1) is 11.5 Å². The van der Waals surface area contributed by atoms with E-state index < -0.39 is 17.0 Å². The van der Waals surface area contributed by atoms with E-state index in [0.29, 0.717) is 12.2 Å². The monoisotopic (exact) mass is 341 g/mol. The second-order valence-electron chi connectivity index (χ2n) is 5.27. The van der Waals surface area contributed by atoms with Crippen molar-refractivity contribution in [3.63, 3.8) is 0 Å². The molecule has 25 heavy (non-hydrogen) atoms. The molecule has 0 unspecified atom stereocenters. The van der Waals surface area contributed by atoms with E-state index in [9.17, 15) is 14.9 Å². The van der Waals surface area contributed by atoms with Crippen molar-refractivity contribution in [1.29, 1.82) is 0 Å². The number of non-ortho nitro benzene ring substituents is 1. The van der Waals surface area contributed by atoms with E-state index in [1.165, 1.54) is 18.2 Å². The Kier molecular flexibility index (Phi) is 6.28. The van der Waals surface area contributed by atoms with Crippen molar-refractivity contribution in [2.45, 2.75) is 20.0 Å². The van der Waals surface area contributed by atoms with Crippen LogP contribution < -0.4 is 4.74 Å². The van der Waals surface area contributed by atoms with Gasteiger partial charge in [-0.2, -0.15) is 0 Å². The molecule has 130 valence electrons. The summed E-state index contributed by atoms with van der Waals surface area (Å²) >= 11 is 0. The van der Waals surface area contributed by atoms with Gasteiger partial charge in [0, 0.05) is 18.2 Å². The summed E-state index contributed by atoms with van der Waals surface area (Å²) in [6.45, 7) is 4.17. The molecule has 0 saturated carbocycles. The third-order valence-electron chi connectivity index (χ3n) is 3.45. The zero-order valence-electron chi connectivity index (χ0n) is 14.0. The molecule has 1 atom stereocenters. The summed E-state index contributed by atoms with van der Waals surface area (Å²) in [5, 5.41) is 10.8. The number of carbonyl (C=O) groups excluding carboxylic acids is 1. The van der Waals surface area contributed by atoms with E-state index in [1.807, 2.05) is 31.2 Å². The molecule has 2 aromatic rings. The van der Waals surface area contributed by atoms with E-state index >= 15 is 0 Å². The Balaban J connectivity index is 1.96. The standard InChI is InChI=1S/C19H19NO5/c1-3-24-18-10-7-15(8-11-18)9-12-19(21)25-14(2)16-5-4-6-17(13-16)20(22)23/h4-14H,3H2,1-2H3/b12-9+/t14-/m0/s1. The van der Waals surface area contributed by atoms with Gasteiger partial charge < -0.3 is 9.47 Å². The summed E-state index contributed by atoms with van der Waals surface area (Å²) in [7, 11) is 0. The third kappa shape index (κ3) is 5.46. The maximum absolute atomic E-state index is 11.9. The van der Waals surface area contributed by atoms with Crippen molar-refractivity contribution >= 4 is 17.7 Å². The van der Waals surface area contributed by atoms with Crippen LogP contribution in [0.15, 0.2) is 54.6 Å². The molecule has 0 N–H and O–H groups in total. The minimum absolute atomic E-state index is 0.0367. The molecule has 0 heterocycles. The highest BCUT2D eigenvalue weighted by Gasteiger charge is 2.13. The Morgan fingerprint density at radius 1 is 1.24 bits per heavy atom. The number of nitrogens with zero attached hydrogens (tertiary/aromatic N) is 1. The highest BCUT2D eigenvalue weighted by atomic mass is 16.6. The second kappa shape index (κ2) is 8.63. The highest BCUT2D eigenvalue weighted by molar-refractivity contribution is 5.87. The van der Waals surface area contributed by atoms with Gasteiger partial charge in [-0.25, -0.2) is 4.79 Å². The predicted molar refractivity (Wildman–Crippen MR) is 94.2 cm³/mol. The van der Waals surface area contributed by atoms with Gasteiger partial charge in [-0.3, -0.25) is 10.1 Å². The van der Waals surface area contributed by atoms with Crippen molar-refractivity contribution < 1.29 is 19.2 Å². The Labute approximate surface area is 145 Å². The molecule has 0 spiro atoms. The van der Waals surface area contributed by atoms with Crippen LogP contribution in [0.5, 0.6) is 5.75 Å². The van der Waals surface area contributed by atoms with Crippen LogP contribution in [0.3, 0.4) is 0 Å². The fourth-order valence-electron chi connectivity index (χ4n) is 2.18. The number of hydrogen-bond donors (Lipinski definition) is 0. The number of benzene rings is 2. The summed E-state index contributed by atoms with van der Waals surface area (Å²) in [5.74, 6) is 0.245. The smallest absolute Gasteiger partial charge is 0.331 e. The normalized spacial score (nSPS) is 11.9. The first kappa shape index (κ1) is 18.2. The first-order valence-electron chi connectivity index (χ1n) is 7.85. The van der Waals surface area contributed by atoms with Crippen molar-refractivity contribution in [3.8, 4) is 5.75 Å². The number of nitro benzene ring substituents is 1. The number of carbonyl (C=O) groups is 1. The predicted octanol–water partition coefficient (Wildman–Crippen LogP) is 4.31. The quantitative estimate of drug-likeness (QED) is 0.324. The summed E-state index contributed by atoms with van der Waals surface area (Å²) in [6, 6.07) is 13.3. The molecule has 2 aromatic carbocycles. The van der Waals surface area contributed by atoms with Crippen LogP contribution in [0.25, 0.3) is 6.08 Å². The molecule has 0 aromatic heterocycles. The minimum Gasteiger partial charge on any atom is -0.494 e. The van der Waals surface area contributed by atoms with Gasteiger partial charge in [0.2, 0.25) is 0 Å². The minimum atomic E-state index is -0.586. The largest absolute Gasteiger partial charge is 0.494 e. The van der Waals surface area contributed by atoms with Crippen LogP contribution in [0.2, 0.25) is 0 Å². The van der Waals surface area contributed by atoms with E-state index in [4.69, 9.17) is 9.47 Å². The zero-order chi connectivity index (χ0) is 18.2. The lowest BCUT2D eigenvalue weighted by molar-refractivity contribution is -0.385. The number of ether oxygens (including phenoxy) is 2. The van der Waals surface area contributed by atoms with Crippen LogP contribution in [-0.2, 0) is 9.53 Å². The van der Waals surface area contributed by atoms with Crippen LogP contribution in [0.4, 0.5) is 5.69 Å². The fourth-order valence-corrected chi connectivity index (χ4v) is 2.18. The van der Waals surface area contributed by atoms with Crippen LogP contribution in [0, 0.1) is 10.1 Å². The average Bonchev–Trinajstić information content (AvgIpc) is 2.61. The SMILES string of the molecule is CCOc1ccc(/C=C/C(=O)O[C@@H](C)c2cccc([N+](=O)[O-])c2)cc1. The van der Waals surface area contributed by atoms with E-state index in [1.54, 1.807) is 25.1 Å². The molecule has 0 fully saturated rings. The first-order valence-corrected chi connectivity index (χ1v) is 7.85. The van der Waals surface area contributed by atoms with Gasteiger partial charge in [0.15, 0.2) is 0 Å². The Morgan fingerprint density at radius 3 is 2.60 bits per heavy atom. The maximum Gasteiger partial charge on any atom is 0.331 e. The van der Waals surface area contributed by atoms with E-state index in [-0.39, 0.29) is 5.69 Å². The first-order chi connectivity index (χ1) is 12.0. The zero-order valence-corrected chi connectivity index (χ0v) is 14.0. The van der Waals surface area contributed by atoms with Crippen molar-refractivity contribution in [1.82, 2.24) is 0 Å². The molecule has 2 rings (SSSR count). The van der Waals surface area contributed by atoms with Gasteiger partial charge in [0.1, 0.15) is 11.9 Å². The lowest BCUT2D eigenvalue weighted by atomic mass is 10.1. The number of hydrogen-bond acceptors (Lipinski definition) is 5. The fraction of sp³-hybridized carbons (Fsp3) is 0.211. The van der Waals surface area contributed by atoms with E-state index in [2.05, 4.69) is 0 Å². The summed E-state index contributed by atoms with van der Waals surface area (Å²) < 4.78 is 10.6. The third-order valence-corrected chi connectivity index (χ3v) is 3.45. The molecule has 0 bridgehead atoms. The summed E-state index contributed by atoms with van der Waals surface area (Å²) in [6.07, 6.45) is 2.37. The molecule has 0 aliphatic carbocycles. The second-order valence-corrected chi connectivity index (χ2v) is 5.27. The molecule has 0 radical (unpaired) electrons. The molecule has 0 aliphatic heterocycles. The van der Waals surface area contributed by atoms with Gasteiger partial charge >= 0.3 is 5.97 Å². The number of esters is 1. The Hall–Kier alpha value is -3.15. The van der Waals surface area contributed by atoms with Gasteiger partial charge in [0.25, 0.3) is 5.69 Å². The number of nitro groups is 1. The Morgan fingerprint density at radius 2 is 1.96 bits per heavy atom. The molecule has 6 nitrogen and oxygen atoms in total. The molecule has 0 saturated heterocycles. The lowest BCUT2D eigenvalue weighted by Gasteiger charge is -2.11. The molecule has 0 amide bonds. The molecular formula is C19H19NO5. The van der Waals surface area contributed by atoms with Gasteiger partial charge in [-0.05, 0) is 43.2 Å². The lowest BCUT2D eigenvalue weighted by Crippen LogP contribution is -2.06. The molecular weight excluding hydrogens is 322 g/mol. The van der Waals surface area contributed by atoms with Crippen molar-refractivity contribution in [2.75, 3.05) is 6.61 Å². The molecule has 0 aliphatic rings. The van der Waals surface area contributed by atoms with Crippen LogP contribution in [0.1, 0.15) is 31.1 Å². The molecule has 6 heteroatoms. The van der Waals surface area contributed by atoms with Crippen molar-refractivity contribution in [2.24, 2.45) is 0 Å². The van der Waals surface area contributed by atoms with Crippen molar-refractivity contribution in [3.05, 3.63) is 75.8 Å². The Bertz CT molecular complexity index is 768. The maximum atomic E-state index is 11.9. The van der Waals surface area contributed by atoms with Crippen LogP contribution in [-0.4, -0.2) is 17.5 Å². The van der Waals surface area contributed by atoms with Crippen LogP contribution >= 0.6 is 0 Å². The average molecular weight is 341 g/mol. The van der Waals surface area contributed by atoms with E-state index in [0.717, 1.165) is 11.3 Å². The number of rotatable bonds is 7. The summed E-state index contributed by atoms with van der Waals surface area (Å²) in [5.41, 5.74) is 1.37. The topological polar surface area (TPSA) is 78.7 Å². The van der Waals surface area contributed by atoms with Gasteiger partial charge in [-0.15, -0.1) is 0 Å². The summed E-state index contributed by atoms with van der Waals surface area (Å²) in [4.78, 5) is 22.2.